The Bertz CT molecular complexity index is 1100. The van der Waals surface area contributed by atoms with Gasteiger partial charge in [-0.2, -0.15) is 5.10 Å². The summed E-state index contributed by atoms with van der Waals surface area (Å²) in [6, 6.07) is 4.73. The molecule has 2 heterocycles. The predicted octanol–water partition coefficient (Wildman–Crippen LogP) is 3.52. The Hall–Kier alpha value is -2.76. The van der Waals surface area contributed by atoms with Gasteiger partial charge < -0.3 is 4.74 Å². The van der Waals surface area contributed by atoms with Crippen LogP contribution in [0.3, 0.4) is 0 Å². The Kier molecular flexibility index (Phi) is 3.00. The van der Waals surface area contributed by atoms with Gasteiger partial charge in [-0.25, -0.2) is 14.5 Å². The number of benzene rings is 2. The van der Waals surface area contributed by atoms with E-state index in [9.17, 15) is 4.39 Å². The standard InChI is InChI=1S/C18H17FN4O/c1-18(2,3)17-21-14-10-6-5-9(19)7-11(10)13-12(15(14)22-17)8-20-23-16(13)24-4/h5-8,23H,1-4H3/p+1. The molecule has 0 aliphatic rings. The average Bonchev–Trinajstić information content (AvgIpc) is 3.00. The van der Waals surface area contributed by atoms with Gasteiger partial charge in [0, 0.05) is 10.8 Å². The maximum absolute atomic E-state index is 13.9. The number of H-pyrrole nitrogens is 2. The molecule has 0 aliphatic carbocycles. The number of aromatic amines is 2. The van der Waals surface area contributed by atoms with E-state index in [2.05, 4.69) is 36.0 Å². The number of nitrogens with one attached hydrogen (secondary N) is 2. The van der Waals surface area contributed by atoms with Gasteiger partial charge in [0.1, 0.15) is 5.82 Å². The van der Waals surface area contributed by atoms with Gasteiger partial charge in [0.05, 0.1) is 29.5 Å². The summed E-state index contributed by atoms with van der Waals surface area (Å²) in [5, 5.41) is 10.3. The third kappa shape index (κ3) is 2.02. The Balaban J connectivity index is 2.30. The van der Waals surface area contributed by atoms with Gasteiger partial charge in [0.2, 0.25) is 11.4 Å². The third-order valence-corrected chi connectivity index (χ3v) is 4.25. The van der Waals surface area contributed by atoms with Gasteiger partial charge in [-0.05, 0) is 44.0 Å². The Morgan fingerprint density at radius 3 is 2.67 bits per heavy atom. The molecular weight excluding hydrogens is 307 g/mol. The number of aromatic nitrogens is 4. The van der Waals surface area contributed by atoms with E-state index in [1.165, 1.54) is 12.1 Å². The number of ether oxygens (including phenoxy) is 1. The van der Waals surface area contributed by atoms with Crippen LogP contribution < -0.4 is 9.72 Å². The van der Waals surface area contributed by atoms with Crippen molar-refractivity contribution >= 4 is 32.6 Å². The van der Waals surface area contributed by atoms with Crippen molar-refractivity contribution in [3.63, 3.8) is 0 Å². The van der Waals surface area contributed by atoms with E-state index in [4.69, 9.17) is 9.72 Å². The largest absolute Gasteiger partial charge is 0.481 e. The van der Waals surface area contributed by atoms with Crippen LogP contribution in [0.5, 0.6) is 5.88 Å². The molecule has 4 aromatic rings. The van der Waals surface area contributed by atoms with Crippen molar-refractivity contribution in [2.45, 2.75) is 26.2 Å². The summed E-state index contributed by atoms with van der Waals surface area (Å²) in [4.78, 5) is 8.21. The topological polar surface area (TPSA) is 64.9 Å². The van der Waals surface area contributed by atoms with Gasteiger partial charge in [-0.1, -0.05) is 0 Å². The molecule has 0 radical (unpaired) electrons. The molecule has 0 atom stereocenters. The molecule has 5 nitrogen and oxygen atoms in total. The number of hydrogen-bond acceptors (Lipinski definition) is 3. The summed E-state index contributed by atoms with van der Waals surface area (Å²) >= 11 is 0. The predicted molar refractivity (Wildman–Crippen MR) is 90.7 cm³/mol. The molecule has 2 aromatic heterocycles. The molecule has 2 aromatic carbocycles. The van der Waals surface area contributed by atoms with Crippen molar-refractivity contribution in [1.29, 1.82) is 0 Å². The maximum Gasteiger partial charge on any atom is 0.303 e. The Morgan fingerprint density at radius 1 is 1.17 bits per heavy atom. The first-order valence-corrected chi connectivity index (χ1v) is 7.76. The first-order chi connectivity index (χ1) is 11.4. The van der Waals surface area contributed by atoms with E-state index in [1.54, 1.807) is 19.4 Å². The molecule has 0 unspecified atom stereocenters. The van der Waals surface area contributed by atoms with Gasteiger partial charge in [-0.3, -0.25) is 0 Å². The quantitative estimate of drug-likeness (QED) is 0.545. The minimum Gasteiger partial charge on any atom is -0.481 e. The molecule has 0 aliphatic heterocycles. The molecule has 0 fully saturated rings. The van der Waals surface area contributed by atoms with Crippen molar-refractivity contribution in [3.8, 4) is 5.88 Å². The molecule has 0 saturated heterocycles. The molecule has 4 rings (SSSR count). The fourth-order valence-corrected chi connectivity index (χ4v) is 3.05. The summed E-state index contributed by atoms with van der Waals surface area (Å²) in [5.74, 6) is 1.08. The van der Waals surface area contributed by atoms with Crippen LogP contribution in [0.4, 0.5) is 4.39 Å². The smallest absolute Gasteiger partial charge is 0.303 e. The second-order valence-electron chi connectivity index (χ2n) is 6.94. The van der Waals surface area contributed by atoms with Crippen LogP contribution in [0.25, 0.3) is 32.6 Å². The maximum atomic E-state index is 13.9. The molecule has 0 spiro atoms. The van der Waals surface area contributed by atoms with Crippen LogP contribution in [0.15, 0.2) is 24.4 Å². The number of methoxy groups -OCH3 is 1. The van der Waals surface area contributed by atoms with E-state index in [-0.39, 0.29) is 11.2 Å². The lowest BCUT2D eigenvalue weighted by Gasteiger charge is -2.07. The van der Waals surface area contributed by atoms with Gasteiger partial charge in [0.15, 0.2) is 5.52 Å². The number of hydrogen-bond donors (Lipinski definition) is 1. The SMILES string of the molecule is COc1[nH]ncc2c3[nH+]c(C(C)(C)C)nc3c3ccc(F)cc3c12. The second-order valence-corrected chi connectivity index (χ2v) is 6.94. The lowest BCUT2D eigenvalue weighted by atomic mass is 9.96. The Labute approximate surface area is 137 Å². The van der Waals surface area contributed by atoms with E-state index < -0.39 is 0 Å². The number of halogens is 1. The van der Waals surface area contributed by atoms with Gasteiger partial charge >= 0.3 is 5.82 Å². The fourth-order valence-electron chi connectivity index (χ4n) is 3.05. The van der Waals surface area contributed by atoms with Crippen molar-refractivity contribution < 1.29 is 14.1 Å². The van der Waals surface area contributed by atoms with Gasteiger partial charge in [0.25, 0.3) is 0 Å². The zero-order valence-corrected chi connectivity index (χ0v) is 14.0. The van der Waals surface area contributed by atoms with Crippen LogP contribution >= 0.6 is 0 Å². The number of rotatable bonds is 1. The summed E-state index contributed by atoms with van der Waals surface area (Å²) in [5.41, 5.74) is 1.57. The van der Waals surface area contributed by atoms with E-state index in [0.717, 1.165) is 38.4 Å². The van der Waals surface area contributed by atoms with Crippen molar-refractivity contribution in [3.05, 3.63) is 36.0 Å². The van der Waals surface area contributed by atoms with Crippen LogP contribution in [0, 0.1) is 5.82 Å². The van der Waals surface area contributed by atoms with Crippen molar-refractivity contribution in [1.82, 2.24) is 15.2 Å². The van der Waals surface area contributed by atoms with E-state index >= 15 is 0 Å². The number of nitrogens with zero attached hydrogens (tertiary/aromatic N) is 2. The molecule has 24 heavy (non-hydrogen) atoms. The minimum atomic E-state index is -0.298. The Morgan fingerprint density at radius 2 is 1.96 bits per heavy atom. The lowest BCUT2D eigenvalue weighted by Crippen LogP contribution is -2.22. The average molecular weight is 325 g/mol. The highest BCUT2D eigenvalue weighted by atomic mass is 19.1. The van der Waals surface area contributed by atoms with Crippen LogP contribution in [0.1, 0.15) is 26.6 Å². The molecular formula is C18H18FN4O+. The zero-order valence-electron chi connectivity index (χ0n) is 14.0. The highest BCUT2D eigenvalue weighted by molar-refractivity contribution is 6.23. The zero-order chi connectivity index (χ0) is 17.1. The summed E-state index contributed by atoms with van der Waals surface area (Å²) in [6.07, 6.45) is 1.72. The minimum absolute atomic E-state index is 0.129. The molecule has 2 N–H and O–H groups in total. The highest BCUT2D eigenvalue weighted by Gasteiger charge is 2.30. The van der Waals surface area contributed by atoms with E-state index in [1.807, 2.05) is 0 Å². The molecule has 0 amide bonds. The highest BCUT2D eigenvalue weighted by Crippen LogP contribution is 2.37. The first-order valence-electron chi connectivity index (χ1n) is 7.76. The molecule has 0 bridgehead atoms. The molecule has 122 valence electrons. The summed E-state index contributed by atoms with van der Waals surface area (Å²) in [7, 11) is 1.57. The number of fused-ring (bicyclic) bond motifs is 6. The second kappa shape index (κ2) is 4.87. The van der Waals surface area contributed by atoms with Crippen LogP contribution in [0.2, 0.25) is 0 Å². The van der Waals surface area contributed by atoms with Crippen LogP contribution in [-0.4, -0.2) is 22.3 Å². The van der Waals surface area contributed by atoms with Crippen molar-refractivity contribution in [2.75, 3.05) is 7.11 Å². The fraction of sp³-hybridized carbons (Fsp3) is 0.278. The normalized spacial score (nSPS) is 12.4. The summed E-state index contributed by atoms with van der Waals surface area (Å²) < 4.78 is 19.3. The van der Waals surface area contributed by atoms with Gasteiger partial charge in [-0.15, -0.1) is 0 Å². The monoisotopic (exact) mass is 325 g/mol. The lowest BCUT2D eigenvalue weighted by molar-refractivity contribution is -0.364. The first kappa shape index (κ1) is 14.8. The molecule has 0 saturated carbocycles. The van der Waals surface area contributed by atoms with Crippen LogP contribution in [-0.2, 0) is 5.41 Å². The van der Waals surface area contributed by atoms with E-state index in [0.29, 0.717) is 5.88 Å². The molecule has 6 heteroatoms. The number of imidazole rings is 1. The van der Waals surface area contributed by atoms with Crippen molar-refractivity contribution in [2.24, 2.45) is 0 Å². The third-order valence-electron chi connectivity index (χ3n) is 4.25. The summed E-state index contributed by atoms with van der Waals surface area (Å²) in [6.45, 7) is 6.30.